The normalized spacial score (nSPS) is 20.8. The van der Waals surface area contributed by atoms with Gasteiger partial charge in [-0.3, -0.25) is 4.98 Å². The molecule has 86 valence electrons. The molecule has 0 radical (unpaired) electrons. The molecule has 4 nitrogen and oxygen atoms in total. The number of pyridine rings is 1. The minimum Gasteiger partial charge on any atom is -0.391 e. The monoisotopic (exact) mass is 237 g/mol. The van der Waals surface area contributed by atoms with Gasteiger partial charge in [0.1, 0.15) is 4.99 Å². The van der Waals surface area contributed by atoms with Crippen molar-refractivity contribution < 1.29 is 5.11 Å². The van der Waals surface area contributed by atoms with E-state index < -0.39 is 0 Å². The Hall–Kier alpha value is -1.20. The number of rotatable bonds is 2. The molecule has 1 aliphatic heterocycles. The van der Waals surface area contributed by atoms with Crippen LogP contribution in [0.1, 0.15) is 18.5 Å². The summed E-state index contributed by atoms with van der Waals surface area (Å²) in [6, 6.07) is 3.76. The number of hydrogen-bond donors (Lipinski definition) is 2. The number of aliphatic hydroxyl groups is 1. The van der Waals surface area contributed by atoms with Crippen LogP contribution in [0.25, 0.3) is 0 Å². The molecule has 3 N–H and O–H groups in total. The van der Waals surface area contributed by atoms with Gasteiger partial charge in [-0.25, -0.2) is 0 Å². The molecule has 1 saturated heterocycles. The third-order valence-electron chi connectivity index (χ3n) is 2.76. The number of aromatic nitrogens is 1. The van der Waals surface area contributed by atoms with Crippen LogP contribution in [0.5, 0.6) is 0 Å². The molecule has 1 atom stereocenters. The Labute approximate surface area is 100 Å². The van der Waals surface area contributed by atoms with Crippen LogP contribution in [0.15, 0.2) is 18.3 Å². The number of β-amino-alcohol motifs (C(OH)–C–C–N with tert-alkyl or cyclic N) is 1. The highest BCUT2D eigenvalue weighted by atomic mass is 32.1. The molecule has 1 unspecified atom stereocenters. The molecule has 0 spiro atoms. The Kier molecular flexibility index (Phi) is 3.36. The smallest absolute Gasteiger partial charge is 0.122 e. The van der Waals surface area contributed by atoms with E-state index in [2.05, 4.69) is 9.88 Å². The average molecular weight is 237 g/mol. The lowest BCUT2D eigenvalue weighted by atomic mass is 10.1. The van der Waals surface area contributed by atoms with E-state index >= 15 is 0 Å². The average Bonchev–Trinajstić information content (AvgIpc) is 2.29. The topological polar surface area (TPSA) is 62.4 Å². The van der Waals surface area contributed by atoms with E-state index in [1.165, 1.54) is 0 Å². The molecule has 1 aromatic heterocycles. The van der Waals surface area contributed by atoms with Crippen molar-refractivity contribution in [1.82, 2.24) is 4.98 Å². The summed E-state index contributed by atoms with van der Waals surface area (Å²) in [5, 5.41) is 9.58. The highest BCUT2D eigenvalue weighted by Gasteiger charge is 2.17. The van der Waals surface area contributed by atoms with Gasteiger partial charge in [0.05, 0.1) is 23.7 Å². The van der Waals surface area contributed by atoms with E-state index in [1.54, 1.807) is 6.20 Å². The zero-order valence-corrected chi connectivity index (χ0v) is 9.78. The molecule has 1 aliphatic rings. The molecule has 0 aliphatic carbocycles. The first-order chi connectivity index (χ1) is 7.66. The molecule has 0 bridgehead atoms. The second-order valence-electron chi connectivity index (χ2n) is 4.01. The molecule has 16 heavy (non-hydrogen) atoms. The molecule has 2 heterocycles. The Morgan fingerprint density at radius 1 is 1.56 bits per heavy atom. The molecule has 1 aromatic rings. The van der Waals surface area contributed by atoms with Gasteiger partial charge < -0.3 is 15.7 Å². The first kappa shape index (κ1) is 11.3. The van der Waals surface area contributed by atoms with Crippen molar-refractivity contribution in [3.8, 4) is 0 Å². The largest absolute Gasteiger partial charge is 0.391 e. The van der Waals surface area contributed by atoms with Crippen LogP contribution < -0.4 is 10.6 Å². The van der Waals surface area contributed by atoms with E-state index in [0.717, 1.165) is 25.1 Å². The minimum atomic E-state index is -0.232. The number of nitrogens with zero attached hydrogens (tertiary/aromatic N) is 2. The van der Waals surface area contributed by atoms with E-state index in [9.17, 15) is 5.11 Å². The van der Waals surface area contributed by atoms with Gasteiger partial charge in [-0.1, -0.05) is 12.2 Å². The summed E-state index contributed by atoms with van der Waals surface area (Å²) < 4.78 is 0. The molecule has 0 saturated carbocycles. The lowest BCUT2D eigenvalue weighted by Crippen LogP contribution is -2.38. The highest BCUT2D eigenvalue weighted by Crippen LogP contribution is 2.19. The summed E-state index contributed by atoms with van der Waals surface area (Å²) in [5.41, 5.74) is 7.13. The van der Waals surface area contributed by atoms with Gasteiger partial charge in [0.25, 0.3) is 0 Å². The molecular weight excluding hydrogens is 222 g/mol. The van der Waals surface area contributed by atoms with Gasteiger partial charge >= 0.3 is 0 Å². The van der Waals surface area contributed by atoms with Gasteiger partial charge in [0.15, 0.2) is 0 Å². The van der Waals surface area contributed by atoms with Gasteiger partial charge in [-0.2, -0.15) is 0 Å². The fraction of sp³-hybridized carbons (Fsp3) is 0.455. The number of nitrogens with two attached hydrogens (primary N) is 1. The van der Waals surface area contributed by atoms with Crippen molar-refractivity contribution in [2.24, 2.45) is 5.73 Å². The number of piperidine rings is 1. The maximum absolute atomic E-state index is 9.58. The van der Waals surface area contributed by atoms with Crippen molar-refractivity contribution >= 4 is 22.9 Å². The summed E-state index contributed by atoms with van der Waals surface area (Å²) in [5.74, 6) is 0. The zero-order chi connectivity index (χ0) is 11.5. The predicted octanol–water partition coefficient (Wildman–Crippen LogP) is 0.677. The Balaban J connectivity index is 2.11. The maximum Gasteiger partial charge on any atom is 0.122 e. The third-order valence-corrected chi connectivity index (χ3v) is 2.97. The predicted molar refractivity (Wildman–Crippen MR) is 67.6 cm³/mol. The van der Waals surface area contributed by atoms with Gasteiger partial charge in [0.2, 0.25) is 0 Å². The Bertz CT molecular complexity index is 379. The molecular formula is C11H15N3OS. The summed E-state index contributed by atoms with van der Waals surface area (Å²) in [6.07, 6.45) is 3.42. The van der Waals surface area contributed by atoms with Gasteiger partial charge in [0, 0.05) is 13.1 Å². The standard InChI is InChI=1S/C11H15N3OS/c12-11(16)10-4-3-8(6-13-10)14-5-1-2-9(15)7-14/h3-4,6,9,15H,1-2,5,7H2,(H2,12,16). The van der Waals surface area contributed by atoms with Crippen LogP contribution >= 0.6 is 12.2 Å². The van der Waals surface area contributed by atoms with Crippen LogP contribution in [0, 0.1) is 0 Å². The first-order valence-electron chi connectivity index (χ1n) is 5.35. The lowest BCUT2D eigenvalue weighted by Gasteiger charge is -2.31. The van der Waals surface area contributed by atoms with Crippen LogP contribution in [-0.4, -0.2) is 34.3 Å². The van der Waals surface area contributed by atoms with E-state index in [1.807, 2.05) is 12.1 Å². The van der Waals surface area contributed by atoms with Crippen LogP contribution in [-0.2, 0) is 0 Å². The number of hydrogen-bond acceptors (Lipinski definition) is 4. The van der Waals surface area contributed by atoms with Crippen molar-refractivity contribution in [2.75, 3.05) is 18.0 Å². The van der Waals surface area contributed by atoms with Crippen LogP contribution in [0.3, 0.4) is 0 Å². The van der Waals surface area contributed by atoms with Crippen molar-refractivity contribution in [1.29, 1.82) is 0 Å². The highest BCUT2D eigenvalue weighted by molar-refractivity contribution is 7.80. The minimum absolute atomic E-state index is 0.232. The fourth-order valence-corrected chi connectivity index (χ4v) is 2.03. The molecule has 1 fully saturated rings. The second-order valence-corrected chi connectivity index (χ2v) is 4.45. The van der Waals surface area contributed by atoms with Crippen molar-refractivity contribution in [2.45, 2.75) is 18.9 Å². The molecule has 5 heteroatoms. The lowest BCUT2D eigenvalue weighted by molar-refractivity contribution is 0.154. The molecule has 2 rings (SSSR count). The number of aliphatic hydroxyl groups excluding tert-OH is 1. The van der Waals surface area contributed by atoms with E-state index in [-0.39, 0.29) is 6.10 Å². The van der Waals surface area contributed by atoms with Crippen LogP contribution in [0.2, 0.25) is 0 Å². The summed E-state index contributed by atoms with van der Waals surface area (Å²) in [7, 11) is 0. The van der Waals surface area contributed by atoms with Crippen molar-refractivity contribution in [3.63, 3.8) is 0 Å². The van der Waals surface area contributed by atoms with Crippen molar-refractivity contribution in [3.05, 3.63) is 24.0 Å². The third kappa shape index (κ3) is 2.48. The Morgan fingerprint density at radius 2 is 2.38 bits per heavy atom. The maximum atomic E-state index is 9.58. The Morgan fingerprint density at radius 3 is 2.94 bits per heavy atom. The van der Waals surface area contributed by atoms with Gasteiger partial charge in [-0.05, 0) is 25.0 Å². The molecule has 0 aromatic carbocycles. The quantitative estimate of drug-likeness (QED) is 0.741. The number of thiocarbonyl (C=S) groups is 1. The second kappa shape index (κ2) is 4.76. The van der Waals surface area contributed by atoms with Gasteiger partial charge in [-0.15, -0.1) is 0 Å². The fourth-order valence-electron chi connectivity index (χ4n) is 1.91. The number of anilines is 1. The first-order valence-corrected chi connectivity index (χ1v) is 5.76. The van der Waals surface area contributed by atoms with Crippen LogP contribution in [0.4, 0.5) is 5.69 Å². The SMILES string of the molecule is NC(=S)c1ccc(N2CCCC(O)C2)cn1. The summed E-state index contributed by atoms with van der Waals surface area (Å²) in [6.45, 7) is 1.64. The zero-order valence-electron chi connectivity index (χ0n) is 8.97. The summed E-state index contributed by atoms with van der Waals surface area (Å²) >= 11 is 4.84. The van der Waals surface area contributed by atoms with E-state index in [4.69, 9.17) is 18.0 Å². The summed E-state index contributed by atoms with van der Waals surface area (Å²) in [4.78, 5) is 6.63. The van der Waals surface area contributed by atoms with E-state index in [0.29, 0.717) is 17.2 Å². The molecule has 0 amide bonds.